The highest BCUT2D eigenvalue weighted by molar-refractivity contribution is 6.31. The first-order chi connectivity index (χ1) is 9.60. The third-order valence-electron chi connectivity index (χ3n) is 3.52. The van der Waals surface area contributed by atoms with Crippen molar-refractivity contribution in [3.8, 4) is 0 Å². The number of benzene rings is 1. The van der Waals surface area contributed by atoms with Crippen LogP contribution in [0, 0.1) is 5.82 Å². The molecule has 0 N–H and O–H groups in total. The highest BCUT2D eigenvalue weighted by atomic mass is 35.5. The van der Waals surface area contributed by atoms with E-state index in [0.717, 1.165) is 37.5 Å². The average Bonchev–Trinajstić information content (AvgIpc) is 2.78. The maximum atomic E-state index is 13.7. The van der Waals surface area contributed by atoms with Crippen LogP contribution in [0.3, 0.4) is 0 Å². The number of aromatic nitrogens is 2. The Morgan fingerprint density at radius 3 is 2.60 bits per heavy atom. The third-order valence-corrected chi connectivity index (χ3v) is 4.05. The standard InChI is InChI=1S/C14H18Cl2FN3/c1-3-19(4-2)5-6-20-13-8-11(17)10(16)7-12(13)18-14(20)9-15/h7-8H,3-6,9H2,1-2H3. The van der Waals surface area contributed by atoms with Gasteiger partial charge < -0.3 is 9.47 Å². The molecule has 0 saturated heterocycles. The number of imidazole rings is 1. The fourth-order valence-electron chi connectivity index (χ4n) is 2.30. The summed E-state index contributed by atoms with van der Waals surface area (Å²) in [6, 6.07) is 2.99. The molecule has 0 saturated carbocycles. The molecule has 0 spiro atoms. The molecule has 0 aliphatic carbocycles. The first-order valence-corrected chi connectivity index (χ1v) is 7.64. The van der Waals surface area contributed by atoms with Crippen molar-refractivity contribution in [2.75, 3.05) is 19.6 Å². The Labute approximate surface area is 128 Å². The van der Waals surface area contributed by atoms with Gasteiger partial charge in [0.1, 0.15) is 11.6 Å². The van der Waals surface area contributed by atoms with E-state index in [1.54, 1.807) is 6.07 Å². The number of likely N-dealkylation sites (N-methyl/N-ethyl adjacent to an activating group) is 1. The van der Waals surface area contributed by atoms with Gasteiger partial charge in [-0.15, -0.1) is 11.6 Å². The molecule has 1 heterocycles. The molecular formula is C14H18Cl2FN3. The summed E-state index contributed by atoms with van der Waals surface area (Å²) in [5.74, 6) is 0.617. The molecule has 1 aromatic heterocycles. The zero-order valence-electron chi connectivity index (χ0n) is 11.7. The molecule has 1 aromatic carbocycles. The van der Waals surface area contributed by atoms with E-state index >= 15 is 0 Å². The Hall–Kier alpha value is -0.840. The number of halogens is 3. The summed E-state index contributed by atoms with van der Waals surface area (Å²) >= 11 is 11.7. The van der Waals surface area contributed by atoms with Crippen molar-refractivity contribution < 1.29 is 4.39 Å². The number of hydrogen-bond acceptors (Lipinski definition) is 2. The lowest BCUT2D eigenvalue weighted by Crippen LogP contribution is -2.27. The molecular weight excluding hydrogens is 300 g/mol. The average molecular weight is 318 g/mol. The maximum absolute atomic E-state index is 13.7. The minimum atomic E-state index is -0.427. The van der Waals surface area contributed by atoms with Crippen molar-refractivity contribution in [1.29, 1.82) is 0 Å². The monoisotopic (exact) mass is 317 g/mol. The molecule has 0 aliphatic heterocycles. The molecule has 3 nitrogen and oxygen atoms in total. The Morgan fingerprint density at radius 2 is 2.00 bits per heavy atom. The van der Waals surface area contributed by atoms with E-state index in [0.29, 0.717) is 11.4 Å². The second kappa shape index (κ2) is 6.74. The van der Waals surface area contributed by atoms with Crippen LogP contribution >= 0.6 is 23.2 Å². The molecule has 2 rings (SSSR count). The lowest BCUT2D eigenvalue weighted by atomic mass is 10.3. The quantitative estimate of drug-likeness (QED) is 0.753. The summed E-state index contributed by atoms with van der Waals surface area (Å²) in [5.41, 5.74) is 1.43. The number of alkyl halides is 1. The molecule has 2 aromatic rings. The zero-order valence-corrected chi connectivity index (χ0v) is 13.2. The molecule has 0 bridgehead atoms. The molecule has 20 heavy (non-hydrogen) atoms. The van der Waals surface area contributed by atoms with Crippen LogP contribution < -0.4 is 0 Å². The van der Waals surface area contributed by atoms with Gasteiger partial charge in [-0.05, 0) is 19.2 Å². The van der Waals surface area contributed by atoms with E-state index in [9.17, 15) is 4.39 Å². The molecule has 0 aliphatic rings. The van der Waals surface area contributed by atoms with E-state index in [1.807, 2.05) is 4.57 Å². The zero-order chi connectivity index (χ0) is 14.7. The normalized spacial score (nSPS) is 11.7. The predicted molar refractivity (Wildman–Crippen MR) is 82.0 cm³/mol. The van der Waals surface area contributed by atoms with Crippen LogP contribution in [0.1, 0.15) is 19.7 Å². The summed E-state index contributed by atoms with van der Waals surface area (Å²) in [4.78, 5) is 6.73. The molecule has 0 atom stereocenters. The predicted octanol–water partition coefficient (Wildman–Crippen LogP) is 3.91. The second-order valence-corrected chi connectivity index (χ2v) is 5.27. The number of rotatable bonds is 6. The van der Waals surface area contributed by atoms with Gasteiger partial charge in [0.15, 0.2) is 0 Å². The smallest absolute Gasteiger partial charge is 0.144 e. The van der Waals surface area contributed by atoms with Gasteiger partial charge >= 0.3 is 0 Å². The van der Waals surface area contributed by atoms with Gasteiger partial charge in [0.25, 0.3) is 0 Å². The van der Waals surface area contributed by atoms with Gasteiger partial charge in [0.05, 0.1) is 21.9 Å². The highest BCUT2D eigenvalue weighted by Crippen LogP contribution is 2.24. The number of nitrogens with zero attached hydrogens (tertiary/aromatic N) is 3. The van der Waals surface area contributed by atoms with Crippen molar-refractivity contribution in [2.24, 2.45) is 0 Å². The fourth-order valence-corrected chi connectivity index (χ4v) is 2.66. The van der Waals surface area contributed by atoms with E-state index in [-0.39, 0.29) is 5.02 Å². The molecule has 0 amide bonds. The maximum Gasteiger partial charge on any atom is 0.144 e. The summed E-state index contributed by atoms with van der Waals surface area (Å²) in [6.45, 7) is 7.84. The summed E-state index contributed by atoms with van der Waals surface area (Å²) in [6.07, 6.45) is 0. The van der Waals surface area contributed by atoms with Crippen LogP contribution in [0.5, 0.6) is 0 Å². The van der Waals surface area contributed by atoms with E-state index in [4.69, 9.17) is 23.2 Å². The van der Waals surface area contributed by atoms with E-state index in [1.165, 1.54) is 6.07 Å². The summed E-state index contributed by atoms with van der Waals surface area (Å²) in [5, 5.41) is 0.0898. The van der Waals surface area contributed by atoms with Crippen molar-refractivity contribution in [3.05, 3.63) is 28.8 Å². The Morgan fingerprint density at radius 1 is 1.30 bits per heavy atom. The lowest BCUT2D eigenvalue weighted by molar-refractivity contribution is 0.291. The Balaban J connectivity index is 2.37. The van der Waals surface area contributed by atoms with Crippen LogP contribution in [0.15, 0.2) is 12.1 Å². The lowest BCUT2D eigenvalue weighted by Gasteiger charge is -2.19. The van der Waals surface area contributed by atoms with Crippen molar-refractivity contribution >= 4 is 34.2 Å². The van der Waals surface area contributed by atoms with E-state index < -0.39 is 5.82 Å². The van der Waals surface area contributed by atoms with Gasteiger partial charge in [-0.3, -0.25) is 0 Å². The molecule has 0 fully saturated rings. The molecule has 110 valence electrons. The van der Waals surface area contributed by atoms with Crippen LogP contribution in [-0.2, 0) is 12.4 Å². The summed E-state index contributed by atoms with van der Waals surface area (Å²) < 4.78 is 15.6. The first kappa shape index (κ1) is 15.5. The van der Waals surface area contributed by atoms with Gasteiger partial charge in [-0.1, -0.05) is 25.4 Å². The minimum absolute atomic E-state index is 0.0898. The van der Waals surface area contributed by atoms with Gasteiger partial charge in [-0.25, -0.2) is 9.37 Å². The topological polar surface area (TPSA) is 21.1 Å². The Kier molecular flexibility index (Phi) is 5.24. The van der Waals surface area contributed by atoms with Gasteiger partial charge in [0, 0.05) is 19.2 Å². The highest BCUT2D eigenvalue weighted by Gasteiger charge is 2.13. The second-order valence-electron chi connectivity index (χ2n) is 4.60. The molecule has 0 radical (unpaired) electrons. The van der Waals surface area contributed by atoms with Gasteiger partial charge in [0.2, 0.25) is 0 Å². The van der Waals surface area contributed by atoms with Crippen molar-refractivity contribution in [2.45, 2.75) is 26.3 Å². The number of fused-ring (bicyclic) bond motifs is 1. The van der Waals surface area contributed by atoms with Crippen LogP contribution in [0.4, 0.5) is 4.39 Å². The largest absolute Gasteiger partial charge is 0.326 e. The molecule has 0 unspecified atom stereocenters. The Bertz CT molecular complexity index is 594. The van der Waals surface area contributed by atoms with Gasteiger partial charge in [-0.2, -0.15) is 0 Å². The van der Waals surface area contributed by atoms with Crippen LogP contribution in [0.2, 0.25) is 5.02 Å². The van der Waals surface area contributed by atoms with Crippen LogP contribution in [0.25, 0.3) is 11.0 Å². The van der Waals surface area contributed by atoms with E-state index in [2.05, 4.69) is 23.7 Å². The molecule has 6 heteroatoms. The third kappa shape index (κ3) is 3.08. The van der Waals surface area contributed by atoms with Crippen molar-refractivity contribution in [1.82, 2.24) is 14.5 Å². The van der Waals surface area contributed by atoms with Crippen molar-refractivity contribution in [3.63, 3.8) is 0 Å². The minimum Gasteiger partial charge on any atom is -0.326 e. The SMILES string of the molecule is CCN(CC)CCn1c(CCl)nc2cc(Cl)c(F)cc21. The van der Waals surface area contributed by atoms with Crippen LogP contribution in [-0.4, -0.2) is 34.1 Å². The summed E-state index contributed by atoms with van der Waals surface area (Å²) in [7, 11) is 0. The first-order valence-electron chi connectivity index (χ1n) is 6.73. The number of hydrogen-bond donors (Lipinski definition) is 0. The fraction of sp³-hybridized carbons (Fsp3) is 0.500.